The molecule has 1 aromatic heterocycles. The number of thioether (sulfide) groups is 1. The summed E-state index contributed by atoms with van der Waals surface area (Å²) in [6, 6.07) is 5.08. The Labute approximate surface area is 109 Å². The van der Waals surface area contributed by atoms with Gasteiger partial charge in [0.05, 0.1) is 0 Å². The lowest BCUT2D eigenvalue weighted by atomic mass is 9.95. The first-order valence-electron chi connectivity index (χ1n) is 6.75. The first-order valence-corrected chi connectivity index (χ1v) is 8.04. The zero-order chi connectivity index (χ0) is 12.1. The molecule has 0 saturated heterocycles. The molecule has 0 radical (unpaired) electrons. The molecule has 2 atom stereocenters. The van der Waals surface area contributed by atoms with Crippen LogP contribution < -0.4 is 5.32 Å². The zero-order valence-corrected chi connectivity index (χ0v) is 11.8. The molecule has 0 bridgehead atoms. The van der Waals surface area contributed by atoms with Crippen LogP contribution in [0.1, 0.15) is 38.3 Å². The molecule has 1 aliphatic carbocycles. The van der Waals surface area contributed by atoms with Gasteiger partial charge >= 0.3 is 0 Å². The van der Waals surface area contributed by atoms with E-state index in [2.05, 4.69) is 41.4 Å². The SMILES string of the molecule is CCn1cccc1CNC1CCCCC1SC. The molecule has 3 heteroatoms. The van der Waals surface area contributed by atoms with E-state index in [1.807, 2.05) is 11.8 Å². The van der Waals surface area contributed by atoms with Crippen molar-refractivity contribution in [1.82, 2.24) is 9.88 Å². The van der Waals surface area contributed by atoms with E-state index in [1.165, 1.54) is 31.4 Å². The van der Waals surface area contributed by atoms with Crippen LogP contribution in [-0.2, 0) is 13.1 Å². The normalized spacial score (nSPS) is 25.1. The van der Waals surface area contributed by atoms with Crippen molar-refractivity contribution in [3.63, 3.8) is 0 Å². The third kappa shape index (κ3) is 3.29. The summed E-state index contributed by atoms with van der Waals surface area (Å²) in [7, 11) is 0. The van der Waals surface area contributed by atoms with Gasteiger partial charge in [-0.05, 0) is 38.2 Å². The van der Waals surface area contributed by atoms with Crippen molar-refractivity contribution >= 4 is 11.8 Å². The first kappa shape index (κ1) is 13.0. The van der Waals surface area contributed by atoms with Crippen LogP contribution in [0.3, 0.4) is 0 Å². The molecular weight excluding hydrogens is 228 g/mol. The molecular formula is C14H24N2S. The maximum atomic E-state index is 3.76. The molecule has 0 spiro atoms. The van der Waals surface area contributed by atoms with Gasteiger partial charge in [-0.15, -0.1) is 0 Å². The summed E-state index contributed by atoms with van der Waals surface area (Å²) in [6.07, 6.45) is 9.95. The van der Waals surface area contributed by atoms with Gasteiger partial charge in [-0.1, -0.05) is 12.8 Å². The fourth-order valence-corrected chi connectivity index (χ4v) is 3.73. The second-order valence-electron chi connectivity index (χ2n) is 4.83. The molecule has 96 valence electrons. The van der Waals surface area contributed by atoms with Gasteiger partial charge in [0.1, 0.15) is 0 Å². The van der Waals surface area contributed by atoms with Crippen LogP contribution in [0.25, 0.3) is 0 Å². The van der Waals surface area contributed by atoms with Crippen molar-refractivity contribution in [2.75, 3.05) is 6.26 Å². The fourth-order valence-electron chi connectivity index (χ4n) is 2.77. The third-order valence-electron chi connectivity index (χ3n) is 3.81. The molecule has 2 unspecified atom stereocenters. The number of hydrogen-bond acceptors (Lipinski definition) is 2. The summed E-state index contributed by atoms with van der Waals surface area (Å²) in [4.78, 5) is 0. The highest BCUT2D eigenvalue weighted by Crippen LogP contribution is 2.27. The van der Waals surface area contributed by atoms with E-state index in [0.29, 0.717) is 6.04 Å². The maximum Gasteiger partial charge on any atom is 0.0362 e. The summed E-state index contributed by atoms with van der Waals surface area (Å²) in [5, 5.41) is 4.57. The van der Waals surface area contributed by atoms with E-state index in [9.17, 15) is 0 Å². The van der Waals surface area contributed by atoms with Crippen molar-refractivity contribution in [1.29, 1.82) is 0 Å². The maximum absolute atomic E-state index is 3.76. The Kier molecular flexibility index (Phi) is 4.99. The fraction of sp³-hybridized carbons (Fsp3) is 0.714. The lowest BCUT2D eigenvalue weighted by molar-refractivity contribution is 0.379. The average molecular weight is 252 g/mol. The van der Waals surface area contributed by atoms with E-state index in [4.69, 9.17) is 0 Å². The summed E-state index contributed by atoms with van der Waals surface area (Å²) in [5.74, 6) is 0. The van der Waals surface area contributed by atoms with Crippen LogP contribution in [0.2, 0.25) is 0 Å². The van der Waals surface area contributed by atoms with E-state index in [0.717, 1.165) is 18.3 Å². The van der Waals surface area contributed by atoms with Gasteiger partial charge in [0, 0.05) is 36.3 Å². The van der Waals surface area contributed by atoms with Crippen molar-refractivity contribution in [3.05, 3.63) is 24.0 Å². The number of nitrogens with zero attached hydrogens (tertiary/aromatic N) is 1. The Bertz CT molecular complexity index is 335. The molecule has 1 N–H and O–H groups in total. The van der Waals surface area contributed by atoms with E-state index in [-0.39, 0.29) is 0 Å². The smallest absolute Gasteiger partial charge is 0.0362 e. The topological polar surface area (TPSA) is 17.0 Å². The van der Waals surface area contributed by atoms with Crippen molar-refractivity contribution < 1.29 is 0 Å². The Morgan fingerprint density at radius 3 is 3.00 bits per heavy atom. The molecule has 1 heterocycles. The largest absolute Gasteiger partial charge is 0.351 e. The van der Waals surface area contributed by atoms with Crippen LogP contribution in [0.4, 0.5) is 0 Å². The summed E-state index contributed by atoms with van der Waals surface area (Å²) >= 11 is 2.03. The first-order chi connectivity index (χ1) is 8.35. The highest BCUT2D eigenvalue weighted by molar-refractivity contribution is 7.99. The highest BCUT2D eigenvalue weighted by Gasteiger charge is 2.23. The summed E-state index contributed by atoms with van der Waals surface area (Å²) < 4.78 is 2.32. The number of hydrogen-bond donors (Lipinski definition) is 1. The van der Waals surface area contributed by atoms with Gasteiger partial charge in [-0.3, -0.25) is 0 Å². The molecule has 0 amide bonds. The third-order valence-corrected chi connectivity index (χ3v) is 4.98. The van der Waals surface area contributed by atoms with Gasteiger partial charge in [-0.25, -0.2) is 0 Å². The minimum Gasteiger partial charge on any atom is -0.351 e. The molecule has 17 heavy (non-hydrogen) atoms. The molecule has 0 aliphatic heterocycles. The van der Waals surface area contributed by atoms with Crippen LogP contribution in [0, 0.1) is 0 Å². The number of rotatable bonds is 5. The van der Waals surface area contributed by atoms with Crippen LogP contribution in [-0.4, -0.2) is 22.1 Å². The molecule has 2 rings (SSSR count). The predicted octanol–water partition coefficient (Wildman–Crippen LogP) is 3.27. The van der Waals surface area contributed by atoms with Crippen molar-refractivity contribution in [2.45, 2.75) is 57.0 Å². The van der Waals surface area contributed by atoms with Gasteiger partial charge in [0.25, 0.3) is 0 Å². The Balaban J connectivity index is 1.88. The number of nitrogens with one attached hydrogen (secondary N) is 1. The van der Waals surface area contributed by atoms with Crippen molar-refractivity contribution in [2.24, 2.45) is 0 Å². The predicted molar refractivity (Wildman–Crippen MR) is 76.5 cm³/mol. The Morgan fingerprint density at radius 2 is 2.24 bits per heavy atom. The molecule has 1 saturated carbocycles. The van der Waals surface area contributed by atoms with Crippen LogP contribution in [0.5, 0.6) is 0 Å². The molecule has 0 aromatic carbocycles. The minimum absolute atomic E-state index is 0.707. The van der Waals surface area contributed by atoms with E-state index in [1.54, 1.807) is 0 Å². The second-order valence-corrected chi connectivity index (χ2v) is 5.91. The monoisotopic (exact) mass is 252 g/mol. The Hall–Kier alpha value is -0.410. The van der Waals surface area contributed by atoms with Gasteiger partial charge in [0.2, 0.25) is 0 Å². The average Bonchev–Trinajstić information content (AvgIpc) is 2.84. The summed E-state index contributed by atoms with van der Waals surface area (Å²) in [5.41, 5.74) is 1.41. The van der Waals surface area contributed by atoms with Crippen LogP contribution in [0.15, 0.2) is 18.3 Å². The lowest BCUT2D eigenvalue weighted by Gasteiger charge is -2.31. The number of aromatic nitrogens is 1. The molecule has 2 nitrogen and oxygen atoms in total. The zero-order valence-electron chi connectivity index (χ0n) is 11.0. The quantitative estimate of drug-likeness (QED) is 0.866. The van der Waals surface area contributed by atoms with Gasteiger partial charge in [0.15, 0.2) is 0 Å². The van der Waals surface area contributed by atoms with Gasteiger partial charge in [-0.2, -0.15) is 11.8 Å². The molecule has 1 aromatic rings. The summed E-state index contributed by atoms with van der Waals surface area (Å²) in [6.45, 7) is 4.29. The second kappa shape index (κ2) is 6.50. The standard InChI is InChI=1S/C14H24N2S/c1-3-16-10-6-7-12(16)11-15-13-8-4-5-9-14(13)17-2/h6-7,10,13-15H,3-5,8-9,11H2,1-2H3. The molecule has 1 fully saturated rings. The van der Waals surface area contributed by atoms with Crippen LogP contribution >= 0.6 is 11.8 Å². The van der Waals surface area contributed by atoms with E-state index >= 15 is 0 Å². The Morgan fingerprint density at radius 1 is 1.41 bits per heavy atom. The van der Waals surface area contributed by atoms with Gasteiger partial charge < -0.3 is 9.88 Å². The minimum atomic E-state index is 0.707. The highest BCUT2D eigenvalue weighted by atomic mass is 32.2. The lowest BCUT2D eigenvalue weighted by Crippen LogP contribution is -2.40. The van der Waals surface area contributed by atoms with Crippen molar-refractivity contribution in [3.8, 4) is 0 Å². The van der Waals surface area contributed by atoms with E-state index < -0.39 is 0 Å². The number of aryl methyl sites for hydroxylation is 1. The molecule has 1 aliphatic rings.